The molecule has 1 saturated heterocycles. The molecule has 0 saturated carbocycles. The van der Waals surface area contributed by atoms with Crippen molar-refractivity contribution in [3.63, 3.8) is 0 Å². The van der Waals surface area contributed by atoms with E-state index in [0.717, 1.165) is 10.9 Å². The minimum absolute atomic E-state index is 0.119. The second kappa shape index (κ2) is 8.46. The van der Waals surface area contributed by atoms with Crippen LogP contribution >= 0.6 is 15.9 Å². The number of carbonyl (C=O) groups is 2. The molecule has 0 spiro atoms. The van der Waals surface area contributed by atoms with Gasteiger partial charge in [-0.1, -0.05) is 22.4 Å². The average Bonchev–Trinajstić information content (AvgIpc) is 3.12. The molecule has 1 unspecified atom stereocenters. The van der Waals surface area contributed by atoms with Gasteiger partial charge in [0.2, 0.25) is 10.0 Å². The quantitative estimate of drug-likeness (QED) is 0.667. The first kappa shape index (κ1) is 20.6. The van der Waals surface area contributed by atoms with Crippen molar-refractivity contribution in [1.29, 1.82) is 0 Å². The largest absolute Gasteiger partial charge is 0.469 e. The van der Waals surface area contributed by atoms with Gasteiger partial charge in [-0.05, 0) is 50.1 Å². The van der Waals surface area contributed by atoms with Crippen LogP contribution in [0.25, 0.3) is 0 Å². The number of hydrogen-bond donors (Lipinski definition) is 2. The third-order valence-electron chi connectivity index (χ3n) is 4.58. The van der Waals surface area contributed by atoms with Crippen molar-refractivity contribution in [3.05, 3.63) is 52.4 Å². The smallest absolute Gasteiger partial charge is 0.273 e. The number of sulfonamides is 1. The van der Waals surface area contributed by atoms with E-state index in [4.69, 9.17) is 4.42 Å². The van der Waals surface area contributed by atoms with E-state index >= 15 is 0 Å². The molecule has 2 N–H and O–H groups in total. The number of aryl methyl sites for hydroxylation is 1. The van der Waals surface area contributed by atoms with Crippen molar-refractivity contribution in [2.24, 2.45) is 0 Å². The molecule has 0 bridgehead atoms. The van der Waals surface area contributed by atoms with Gasteiger partial charge in [-0.25, -0.2) is 8.42 Å². The van der Waals surface area contributed by atoms with Gasteiger partial charge >= 0.3 is 0 Å². The van der Waals surface area contributed by atoms with Crippen LogP contribution in [0.3, 0.4) is 0 Å². The van der Waals surface area contributed by atoms with Crippen molar-refractivity contribution < 1.29 is 22.4 Å². The Kier molecular flexibility index (Phi) is 6.21. The van der Waals surface area contributed by atoms with E-state index in [1.807, 2.05) is 0 Å². The maximum Gasteiger partial charge on any atom is 0.273 e. The van der Waals surface area contributed by atoms with Crippen LogP contribution in [0.5, 0.6) is 0 Å². The summed E-state index contributed by atoms with van der Waals surface area (Å²) in [5.74, 6) is -0.684. The predicted octanol–water partition coefficient (Wildman–Crippen LogP) is 2.35. The average molecular weight is 470 g/mol. The summed E-state index contributed by atoms with van der Waals surface area (Å²) in [5, 5.41) is 0. The van der Waals surface area contributed by atoms with Gasteiger partial charge in [-0.15, -0.1) is 0 Å². The molecular weight excluding hydrogens is 450 g/mol. The van der Waals surface area contributed by atoms with Crippen molar-refractivity contribution >= 4 is 37.8 Å². The van der Waals surface area contributed by atoms with Crippen LogP contribution < -0.4 is 10.9 Å². The predicted molar refractivity (Wildman–Crippen MR) is 105 cm³/mol. The van der Waals surface area contributed by atoms with E-state index in [9.17, 15) is 18.0 Å². The molecule has 150 valence electrons. The number of hydrogen-bond acceptors (Lipinski definition) is 5. The lowest BCUT2D eigenvalue weighted by Crippen LogP contribution is -2.55. The Morgan fingerprint density at radius 2 is 1.86 bits per heavy atom. The highest BCUT2D eigenvalue weighted by Gasteiger charge is 2.37. The second-order valence-corrected chi connectivity index (χ2v) is 9.22. The van der Waals surface area contributed by atoms with E-state index in [1.54, 1.807) is 19.1 Å². The van der Waals surface area contributed by atoms with E-state index < -0.39 is 27.9 Å². The number of rotatable bonds is 4. The number of piperidine rings is 1. The minimum Gasteiger partial charge on any atom is -0.469 e. The second-order valence-electron chi connectivity index (χ2n) is 6.42. The standard InChI is InChI=1S/C18H20BrN3O5S/c1-12-15(9-11-27-12)17(23)20-21-18(24)16-4-2-3-10-22(16)28(25,26)14-7-5-13(19)6-8-14/h5-9,11,16H,2-4,10H2,1H3,(H,20,23)(H,21,24). The molecule has 2 aromatic rings. The van der Waals surface area contributed by atoms with Gasteiger partial charge in [0.15, 0.2) is 0 Å². The van der Waals surface area contributed by atoms with Crippen LogP contribution in [0.1, 0.15) is 35.4 Å². The van der Waals surface area contributed by atoms with Crippen molar-refractivity contribution in [2.75, 3.05) is 6.54 Å². The van der Waals surface area contributed by atoms with Gasteiger partial charge in [0.05, 0.1) is 16.7 Å². The van der Waals surface area contributed by atoms with E-state index in [0.29, 0.717) is 24.2 Å². The van der Waals surface area contributed by atoms with Gasteiger partial charge in [-0.3, -0.25) is 20.4 Å². The summed E-state index contributed by atoms with van der Waals surface area (Å²) in [7, 11) is -3.84. The Labute approximate surface area is 171 Å². The third-order valence-corrected chi connectivity index (χ3v) is 7.03. The Bertz CT molecular complexity index is 971. The molecule has 1 aliphatic rings. The van der Waals surface area contributed by atoms with Gasteiger partial charge in [-0.2, -0.15) is 4.31 Å². The van der Waals surface area contributed by atoms with Gasteiger partial charge in [0.1, 0.15) is 11.8 Å². The lowest BCUT2D eigenvalue weighted by molar-refractivity contribution is -0.126. The van der Waals surface area contributed by atoms with Gasteiger partial charge in [0.25, 0.3) is 11.8 Å². The lowest BCUT2D eigenvalue weighted by atomic mass is 10.0. The molecule has 1 aromatic carbocycles. The first-order chi connectivity index (χ1) is 13.3. The molecule has 3 rings (SSSR count). The number of furan rings is 1. The normalized spacial score (nSPS) is 17.9. The summed E-state index contributed by atoms with van der Waals surface area (Å²) in [5.41, 5.74) is 4.95. The van der Waals surface area contributed by atoms with E-state index in [1.165, 1.54) is 28.8 Å². The van der Waals surface area contributed by atoms with Crippen LogP contribution in [0, 0.1) is 6.92 Å². The number of nitrogens with one attached hydrogen (secondary N) is 2. The number of nitrogens with zero attached hydrogens (tertiary/aromatic N) is 1. The van der Waals surface area contributed by atoms with Crippen molar-refractivity contribution in [3.8, 4) is 0 Å². The molecule has 1 aliphatic heterocycles. The Morgan fingerprint density at radius 1 is 1.14 bits per heavy atom. The fourth-order valence-corrected chi connectivity index (χ4v) is 5.01. The van der Waals surface area contributed by atoms with Crippen LogP contribution in [-0.2, 0) is 14.8 Å². The molecule has 2 amide bonds. The van der Waals surface area contributed by atoms with Crippen LogP contribution in [-0.4, -0.2) is 37.1 Å². The van der Waals surface area contributed by atoms with E-state index in [-0.39, 0.29) is 11.4 Å². The van der Waals surface area contributed by atoms with Crippen molar-refractivity contribution in [1.82, 2.24) is 15.2 Å². The summed E-state index contributed by atoms with van der Waals surface area (Å²) < 4.78 is 33.1. The summed E-state index contributed by atoms with van der Waals surface area (Å²) in [6.07, 6.45) is 3.14. The summed E-state index contributed by atoms with van der Waals surface area (Å²) in [4.78, 5) is 24.9. The summed E-state index contributed by atoms with van der Waals surface area (Å²) in [6, 6.07) is 6.85. The Balaban J connectivity index is 1.73. The number of hydrazine groups is 1. The zero-order valence-corrected chi connectivity index (χ0v) is 17.5. The highest BCUT2D eigenvalue weighted by molar-refractivity contribution is 9.10. The van der Waals surface area contributed by atoms with Crippen molar-refractivity contribution in [2.45, 2.75) is 37.1 Å². The molecule has 1 atom stereocenters. The number of halogens is 1. The monoisotopic (exact) mass is 469 g/mol. The van der Waals surface area contributed by atoms with Gasteiger partial charge in [0, 0.05) is 11.0 Å². The third kappa shape index (κ3) is 4.29. The fourth-order valence-electron chi connectivity index (χ4n) is 3.09. The topological polar surface area (TPSA) is 109 Å². The molecule has 1 fully saturated rings. The molecule has 0 aliphatic carbocycles. The molecule has 28 heavy (non-hydrogen) atoms. The van der Waals surface area contributed by atoms with Crippen LogP contribution in [0.2, 0.25) is 0 Å². The van der Waals surface area contributed by atoms with Gasteiger partial charge < -0.3 is 4.42 Å². The number of carbonyl (C=O) groups excluding carboxylic acids is 2. The Morgan fingerprint density at radius 3 is 2.50 bits per heavy atom. The zero-order valence-electron chi connectivity index (χ0n) is 15.1. The zero-order chi connectivity index (χ0) is 20.3. The number of benzene rings is 1. The SMILES string of the molecule is Cc1occc1C(=O)NNC(=O)C1CCCCN1S(=O)(=O)c1ccc(Br)cc1. The molecule has 2 heterocycles. The lowest BCUT2D eigenvalue weighted by Gasteiger charge is -2.33. The summed E-state index contributed by atoms with van der Waals surface area (Å²) >= 11 is 3.28. The Hall–Kier alpha value is -2.17. The molecular formula is C18H20BrN3O5S. The number of amides is 2. The molecule has 10 heteroatoms. The highest BCUT2D eigenvalue weighted by atomic mass is 79.9. The fraction of sp³-hybridized carbons (Fsp3) is 0.333. The first-order valence-corrected chi connectivity index (χ1v) is 11.0. The molecule has 0 radical (unpaired) electrons. The molecule has 8 nitrogen and oxygen atoms in total. The van der Waals surface area contributed by atoms with Crippen LogP contribution in [0.4, 0.5) is 0 Å². The highest BCUT2D eigenvalue weighted by Crippen LogP contribution is 2.26. The van der Waals surface area contributed by atoms with Crippen LogP contribution in [0.15, 0.2) is 50.4 Å². The summed E-state index contributed by atoms with van der Waals surface area (Å²) in [6.45, 7) is 1.87. The minimum atomic E-state index is -3.84. The molecule has 1 aromatic heterocycles. The van der Waals surface area contributed by atoms with E-state index in [2.05, 4.69) is 26.8 Å². The first-order valence-electron chi connectivity index (χ1n) is 8.72. The maximum atomic E-state index is 13.0. The maximum absolute atomic E-state index is 13.0.